The highest BCUT2D eigenvalue weighted by molar-refractivity contribution is 9.10. The molecule has 92 valence electrons. The summed E-state index contributed by atoms with van der Waals surface area (Å²) in [5.74, 6) is 0.609. The van der Waals surface area contributed by atoms with Gasteiger partial charge in [0.2, 0.25) is 0 Å². The number of halogens is 4. The highest BCUT2D eigenvalue weighted by Crippen LogP contribution is 2.41. The Morgan fingerprint density at radius 1 is 1.41 bits per heavy atom. The maximum atomic E-state index is 12.8. The van der Waals surface area contributed by atoms with Crippen molar-refractivity contribution in [3.05, 3.63) is 21.9 Å². The van der Waals surface area contributed by atoms with Gasteiger partial charge in [-0.2, -0.15) is 13.2 Å². The van der Waals surface area contributed by atoms with Gasteiger partial charge in [0.1, 0.15) is 11.3 Å². The quantitative estimate of drug-likeness (QED) is 0.759. The van der Waals surface area contributed by atoms with E-state index in [1.807, 2.05) is 0 Å². The van der Waals surface area contributed by atoms with Crippen LogP contribution in [-0.2, 0) is 13.2 Å². The SMILES string of the molecule is Cc1nc2c(N)c(Br)c(C(F)(F)F)cc2n1C. The van der Waals surface area contributed by atoms with E-state index in [-0.39, 0.29) is 10.2 Å². The molecule has 1 aromatic carbocycles. The summed E-state index contributed by atoms with van der Waals surface area (Å²) >= 11 is 2.88. The zero-order chi connectivity index (χ0) is 13.0. The molecule has 0 fully saturated rings. The molecule has 0 radical (unpaired) electrons. The number of hydrogen-bond acceptors (Lipinski definition) is 2. The molecule has 0 saturated heterocycles. The Kier molecular flexibility index (Phi) is 2.61. The third-order valence-corrected chi connectivity index (χ3v) is 3.53. The summed E-state index contributed by atoms with van der Waals surface area (Å²) in [5, 5.41) is 0. The maximum Gasteiger partial charge on any atom is 0.417 e. The number of alkyl halides is 3. The van der Waals surface area contributed by atoms with E-state index in [4.69, 9.17) is 5.73 Å². The van der Waals surface area contributed by atoms with E-state index in [1.54, 1.807) is 18.5 Å². The molecule has 0 spiro atoms. The second kappa shape index (κ2) is 3.63. The van der Waals surface area contributed by atoms with Crippen LogP contribution in [0.25, 0.3) is 11.0 Å². The van der Waals surface area contributed by atoms with E-state index in [1.165, 1.54) is 0 Å². The first-order valence-corrected chi connectivity index (χ1v) is 5.51. The number of rotatable bonds is 0. The zero-order valence-electron chi connectivity index (χ0n) is 9.06. The van der Waals surface area contributed by atoms with Gasteiger partial charge in [-0.1, -0.05) is 0 Å². The molecule has 2 N–H and O–H groups in total. The van der Waals surface area contributed by atoms with E-state index in [2.05, 4.69) is 20.9 Å². The number of imidazole rings is 1. The molecule has 3 nitrogen and oxygen atoms in total. The van der Waals surface area contributed by atoms with Crippen LogP contribution in [0.15, 0.2) is 10.5 Å². The van der Waals surface area contributed by atoms with Crippen molar-refractivity contribution in [1.29, 1.82) is 0 Å². The topological polar surface area (TPSA) is 43.8 Å². The maximum absolute atomic E-state index is 12.8. The van der Waals surface area contributed by atoms with Gasteiger partial charge < -0.3 is 10.3 Å². The highest BCUT2D eigenvalue weighted by Gasteiger charge is 2.35. The average molecular weight is 308 g/mol. The summed E-state index contributed by atoms with van der Waals surface area (Å²) in [4.78, 5) is 4.14. The van der Waals surface area contributed by atoms with E-state index in [0.29, 0.717) is 16.9 Å². The van der Waals surface area contributed by atoms with Gasteiger partial charge in [-0.05, 0) is 28.9 Å². The number of hydrogen-bond donors (Lipinski definition) is 1. The number of nitrogen functional groups attached to an aromatic ring is 1. The third kappa shape index (κ3) is 1.78. The summed E-state index contributed by atoms with van der Waals surface area (Å²) in [6.07, 6.45) is -4.45. The average Bonchev–Trinajstić information content (AvgIpc) is 2.48. The zero-order valence-corrected chi connectivity index (χ0v) is 10.6. The molecule has 0 aliphatic carbocycles. The van der Waals surface area contributed by atoms with Crippen LogP contribution >= 0.6 is 15.9 Å². The Bertz CT molecular complexity index is 601. The monoisotopic (exact) mass is 307 g/mol. The van der Waals surface area contributed by atoms with Crippen LogP contribution in [0.1, 0.15) is 11.4 Å². The molecule has 0 bridgehead atoms. The van der Waals surface area contributed by atoms with Crippen LogP contribution in [0.5, 0.6) is 0 Å². The number of anilines is 1. The first-order valence-electron chi connectivity index (χ1n) is 4.71. The molecular formula is C10H9BrF3N3. The Hall–Kier alpha value is -1.24. The van der Waals surface area contributed by atoms with Gasteiger partial charge >= 0.3 is 6.18 Å². The Labute approximate surface area is 104 Å². The van der Waals surface area contributed by atoms with Gasteiger partial charge in [0.25, 0.3) is 0 Å². The molecule has 0 saturated carbocycles. The van der Waals surface area contributed by atoms with Gasteiger partial charge in [-0.3, -0.25) is 0 Å². The summed E-state index contributed by atoms with van der Waals surface area (Å²) in [5.41, 5.74) is 5.65. The number of nitrogens with two attached hydrogens (primary N) is 1. The van der Waals surface area contributed by atoms with Crippen molar-refractivity contribution in [3.8, 4) is 0 Å². The summed E-state index contributed by atoms with van der Waals surface area (Å²) in [6.45, 7) is 1.71. The van der Waals surface area contributed by atoms with Crippen molar-refractivity contribution in [1.82, 2.24) is 9.55 Å². The van der Waals surface area contributed by atoms with Crippen LogP contribution in [0.2, 0.25) is 0 Å². The smallest absolute Gasteiger partial charge is 0.396 e. The minimum Gasteiger partial charge on any atom is -0.396 e. The molecule has 0 aliphatic rings. The largest absolute Gasteiger partial charge is 0.417 e. The molecule has 0 unspecified atom stereocenters. The third-order valence-electron chi connectivity index (χ3n) is 2.68. The molecule has 0 amide bonds. The number of nitrogens with zero attached hydrogens (tertiary/aromatic N) is 2. The van der Waals surface area contributed by atoms with Crippen molar-refractivity contribution in [2.24, 2.45) is 7.05 Å². The summed E-state index contributed by atoms with van der Waals surface area (Å²) < 4.78 is 39.8. The minimum absolute atomic E-state index is 0.0125. The first-order chi connectivity index (χ1) is 7.73. The fourth-order valence-electron chi connectivity index (χ4n) is 1.65. The summed E-state index contributed by atoms with van der Waals surface area (Å²) in [6, 6.07) is 1.05. The predicted molar refractivity (Wildman–Crippen MR) is 62.6 cm³/mol. The van der Waals surface area contributed by atoms with Crippen molar-refractivity contribution >= 4 is 32.7 Å². The molecule has 2 rings (SSSR count). The van der Waals surface area contributed by atoms with Crippen molar-refractivity contribution in [2.75, 3.05) is 5.73 Å². The van der Waals surface area contributed by atoms with Crippen LogP contribution in [0.3, 0.4) is 0 Å². The molecule has 7 heteroatoms. The van der Waals surface area contributed by atoms with Crippen molar-refractivity contribution in [3.63, 3.8) is 0 Å². The number of fused-ring (bicyclic) bond motifs is 1. The molecule has 1 heterocycles. The Balaban J connectivity index is 2.90. The normalized spacial score (nSPS) is 12.4. The minimum atomic E-state index is -4.45. The molecule has 0 aliphatic heterocycles. The van der Waals surface area contributed by atoms with Gasteiger partial charge in [0.15, 0.2) is 0 Å². The molecule has 1 aromatic heterocycles. The molecule has 17 heavy (non-hydrogen) atoms. The molecular weight excluding hydrogens is 299 g/mol. The fourth-order valence-corrected chi connectivity index (χ4v) is 2.17. The van der Waals surface area contributed by atoms with Gasteiger partial charge in [-0.15, -0.1) is 0 Å². The van der Waals surface area contributed by atoms with E-state index < -0.39 is 11.7 Å². The van der Waals surface area contributed by atoms with Crippen molar-refractivity contribution in [2.45, 2.75) is 13.1 Å². The lowest BCUT2D eigenvalue weighted by molar-refractivity contribution is -0.138. The van der Waals surface area contributed by atoms with Crippen LogP contribution in [0.4, 0.5) is 18.9 Å². The van der Waals surface area contributed by atoms with Crippen LogP contribution in [0, 0.1) is 6.92 Å². The van der Waals surface area contributed by atoms with Gasteiger partial charge in [0.05, 0.1) is 21.2 Å². The lowest BCUT2D eigenvalue weighted by Crippen LogP contribution is -2.08. The number of aryl methyl sites for hydroxylation is 2. The molecule has 2 aromatic rings. The lowest BCUT2D eigenvalue weighted by Gasteiger charge is -2.11. The first kappa shape index (κ1) is 12.2. The van der Waals surface area contributed by atoms with E-state index in [9.17, 15) is 13.2 Å². The van der Waals surface area contributed by atoms with Crippen LogP contribution in [-0.4, -0.2) is 9.55 Å². The predicted octanol–water partition coefficient (Wildman–Crippen LogP) is 3.25. The van der Waals surface area contributed by atoms with Crippen LogP contribution < -0.4 is 5.73 Å². The van der Waals surface area contributed by atoms with E-state index in [0.717, 1.165) is 6.07 Å². The lowest BCUT2D eigenvalue weighted by atomic mass is 10.1. The number of aromatic nitrogens is 2. The summed E-state index contributed by atoms with van der Waals surface area (Å²) in [7, 11) is 1.65. The van der Waals surface area contributed by atoms with E-state index >= 15 is 0 Å². The Morgan fingerprint density at radius 2 is 2.00 bits per heavy atom. The highest BCUT2D eigenvalue weighted by atomic mass is 79.9. The van der Waals surface area contributed by atoms with Crippen molar-refractivity contribution < 1.29 is 13.2 Å². The second-order valence-electron chi connectivity index (χ2n) is 3.74. The standard InChI is InChI=1S/C10H9BrF3N3/c1-4-16-9-6(17(4)2)3-5(10(12,13)14)7(11)8(9)15/h3H,15H2,1-2H3. The van der Waals surface area contributed by atoms with Gasteiger partial charge in [-0.25, -0.2) is 4.98 Å². The Morgan fingerprint density at radius 3 is 2.53 bits per heavy atom. The number of benzene rings is 1. The second-order valence-corrected chi connectivity index (χ2v) is 4.53. The fraction of sp³-hybridized carbons (Fsp3) is 0.300. The van der Waals surface area contributed by atoms with Gasteiger partial charge in [0, 0.05) is 7.05 Å². The molecule has 0 atom stereocenters.